The molecular weight excluding hydrogens is 325 g/mol. The van der Waals surface area contributed by atoms with Crippen LogP contribution in [-0.2, 0) is 0 Å². The van der Waals surface area contributed by atoms with Crippen molar-refractivity contribution < 1.29 is 9.31 Å². The van der Waals surface area contributed by atoms with Crippen molar-refractivity contribution in [3.63, 3.8) is 0 Å². The molecule has 0 aliphatic carbocycles. The Morgan fingerprint density at radius 1 is 1.24 bits per heavy atom. The number of benzene rings is 1. The highest BCUT2D eigenvalue weighted by Gasteiger charge is 2.23. The molecule has 2 aromatic rings. The second-order valence-electron chi connectivity index (χ2n) is 6.24. The van der Waals surface area contributed by atoms with Gasteiger partial charge in [0.1, 0.15) is 23.1 Å². The van der Waals surface area contributed by atoms with E-state index < -0.39 is 10.7 Å². The zero-order chi connectivity index (χ0) is 18.0. The minimum Gasteiger partial charge on any atom is -0.377 e. The summed E-state index contributed by atoms with van der Waals surface area (Å²) in [6.07, 6.45) is 1.63. The summed E-state index contributed by atoms with van der Waals surface area (Å²) in [6.45, 7) is 5.41. The summed E-state index contributed by atoms with van der Waals surface area (Å²) in [7, 11) is 0. The van der Waals surface area contributed by atoms with Crippen LogP contribution in [-0.4, -0.2) is 34.0 Å². The maximum atomic E-state index is 13.2. The van der Waals surface area contributed by atoms with Crippen LogP contribution in [0.3, 0.4) is 0 Å². The topological polar surface area (TPSA) is 84.2 Å². The van der Waals surface area contributed by atoms with Gasteiger partial charge in [0.2, 0.25) is 0 Å². The van der Waals surface area contributed by atoms with Gasteiger partial charge >= 0.3 is 0 Å². The van der Waals surface area contributed by atoms with E-state index in [4.69, 9.17) is 0 Å². The first-order valence-electron chi connectivity index (χ1n) is 8.20. The molecule has 0 bridgehead atoms. The Balaban J connectivity index is 1.66. The third kappa shape index (κ3) is 4.01. The Bertz CT molecular complexity index is 770. The number of anilines is 2. The van der Waals surface area contributed by atoms with Gasteiger partial charge in [-0.15, -0.1) is 0 Å². The van der Waals surface area contributed by atoms with Crippen LogP contribution in [0, 0.1) is 29.8 Å². The second kappa shape index (κ2) is 7.00. The fourth-order valence-electron chi connectivity index (χ4n) is 3.11. The monoisotopic (exact) mass is 345 g/mol. The molecule has 0 amide bonds. The van der Waals surface area contributed by atoms with E-state index in [0.717, 1.165) is 49.3 Å². The molecular formula is C17H20FN5O2. The number of hydrogen-bond donors (Lipinski definition) is 1. The Labute approximate surface area is 145 Å². The molecule has 0 radical (unpaired) electrons. The van der Waals surface area contributed by atoms with Crippen molar-refractivity contribution in [1.82, 2.24) is 9.97 Å². The summed E-state index contributed by atoms with van der Waals surface area (Å²) in [6, 6.07) is 5.67. The molecule has 1 aromatic heterocycles. The third-order valence-electron chi connectivity index (χ3n) is 4.29. The van der Waals surface area contributed by atoms with Crippen LogP contribution in [0.15, 0.2) is 24.3 Å². The Morgan fingerprint density at radius 3 is 2.60 bits per heavy atom. The molecule has 2 heterocycles. The molecule has 1 aliphatic heterocycles. The smallest absolute Gasteiger partial charge is 0.295 e. The van der Waals surface area contributed by atoms with Crippen LogP contribution < -0.4 is 10.2 Å². The lowest BCUT2D eigenvalue weighted by atomic mass is 10.0. The fraction of sp³-hybridized carbons (Fsp3) is 0.412. The van der Waals surface area contributed by atoms with Gasteiger partial charge in [0.25, 0.3) is 5.69 Å². The first-order valence-corrected chi connectivity index (χ1v) is 8.20. The zero-order valence-electron chi connectivity index (χ0n) is 14.2. The van der Waals surface area contributed by atoms with E-state index in [0.29, 0.717) is 5.69 Å². The van der Waals surface area contributed by atoms with Gasteiger partial charge in [-0.05, 0) is 38.8 Å². The number of nitro groups is 1. The van der Waals surface area contributed by atoms with Crippen LogP contribution >= 0.6 is 0 Å². The molecule has 0 spiro atoms. The number of nitro benzene ring substituents is 1. The first-order chi connectivity index (χ1) is 11.9. The molecule has 1 aliphatic rings. The summed E-state index contributed by atoms with van der Waals surface area (Å²) < 4.78 is 13.2. The molecule has 132 valence electrons. The zero-order valence-corrected chi connectivity index (χ0v) is 14.2. The van der Waals surface area contributed by atoms with Crippen LogP contribution in [0.25, 0.3) is 0 Å². The number of nitrogens with zero attached hydrogens (tertiary/aromatic N) is 4. The van der Waals surface area contributed by atoms with E-state index in [1.807, 2.05) is 19.9 Å². The van der Waals surface area contributed by atoms with Gasteiger partial charge in [-0.2, -0.15) is 0 Å². The highest BCUT2D eigenvalue weighted by atomic mass is 19.1. The lowest BCUT2D eigenvalue weighted by Crippen LogP contribution is -2.39. The standard InChI is InChI=1S/C17H20FN5O2/c1-11-9-17(20-12(2)19-11)22-7-5-14(6-8-22)21-15-4-3-13(18)10-16(15)23(24)25/h3-4,9-10,14,21H,5-8H2,1-2H3. The minimum atomic E-state index is -0.610. The lowest BCUT2D eigenvalue weighted by Gasteiger charge is -2.33. The van der Waals surface area contributed by atoms with E-state index in [1.54, 1.807) is 0 Å². The van der Waals surface area contributed by atoms with E-state index >= 15 is 0 Å². The summed E-state index contributed by atoms with van der Waals surface area (Å²) >= 11 is 0. The fourth-order valence-corrected chi connectivity index (χ4v) is 3.11. The normalized spacial score (nSPS) is 15.2. The highest BCUT2D eigenvalue weighted by molar-refractivity contribution is 5.62. The summed E-state index contributed by atoms with van der Waals surface area (Å²) in [4.78, 5) is 21.5. The Kier molecular flexibility index (Phi) is 4.78. The molecule has 1 aromatic carbocycles. The molecule has 0 atom stereocenters. The van der Waals surface area contributed by atoms with Gasteiger partial charge in [-0.1, -0.05) is 0 Å². The molecule has 1 fully saturated rings. The van der Waals surface area contributed by atoms with Gasteiger partial charge in [0, 0.05) is 30.9 Å². The van der Waals surface area contributed by atoms with E-state index in [1.165, 1.54) is 12.1 Å². The number of hydrogen-bond acceptors (Lipinski definition) is 6. The number of halogens is 1. The number of rotatable bonds is 4. The van der Waals surface area contributed by atoms with Crippen LogP contribution in [0.4, 0.5) is 21.6 Å². The molecule has 1 N–H and O–H groups in total. The van der Waals surface area contributed by atoms with E-state index in [2.05, 4.69) is 20.2 Å². The van der Waals surface area contributed by atoms with E-state index in [-0.39, 0.29) is 11.7 Å². The molecule has 7 nitrogen and oxygen atoms in total. The van der Waals surface area contributed by atoms with E-state index in [9.17, 15) is 14.5 Å². The summed E-state index contributed by atoms with van der Waals surface area (Å²) in [5.41, 5.74) is 1.06. The number of piperidine rings is 1. The molecule has 25 heavy (non-hydrogen) atoms. The average molecular weight is 345 g/mol. The van der Waals surface area contributed by atoms with Crippen molar-refractivity contribution in [2.24, 2.45) is 0 Å². The van der Waals surface area contributed by atoms with Gasteiger partial charge in [-0.3, -0.25) is 10.1 Å². The Morgan fingerprint density at radius 2 is 1.96 bits per heavy atom. The predicted molar refractivity (Wildman–Crippen MR) is 93.4 cm³/mol. The predicted octanol–water partition coefficient (Wildman–Crippen LogP) is 3.22. The maximum absolute atomic E-state index is 13.2. The molecule has 8 heteroatoms. The molecule has 1 saturated heterocycles. The van der Waals surface area contributed by atoms with Gasteiger partial charge in [-0.25, -0.2) is 14.4 Å². The lowest BCUT2D eigenvalue weighted by molar-refractivity contribution is -0.384. The maximum Gasteiger partial charge on any atom is 0.295 e. The third-order valence-corrected chi connectivity index (χ3v) is 4.29. The van der Waals surface area contributed by atoms with Gasteiger partial charge in [0.15, 0.2) is 0 Å². The van der Waals surface area contributed by atoms with Crippen molar-refractivity contribution in [1.29, 1.82) is 0 Å². The summed E-state index contributed by atoms with van der Waals surface area (Å²) in [5.74, 6) is 1.05. The SMILES string of the molecule is Cc1cc(N2CCC(Nc3ccc(F)cc3[N+](=O)[O-])CC2)nc(C)n1. The van der Waals surface area contributed by atoms with Gasteiger partial charge in [0.05, 0.1) is 11.0 Å². The number of nitrogens with one attached hydrogen (secondary N) is 1. The highest BCUT2D eigenvalue weighted by Crippen LogP contribution is 2.28. The minimum absolute atomic E-state index is 0.101. The molecule has 0 saturated carbocycles. The first kappa shape index (κ1) is 17.1. The quantitative estimate of drug-likeness (QED) is 0.676. The van der Waals surface area contributed by atoms with Crippen molar-refractivity contribution in [2.45, 2.75) is 32.7 Å². The average Bonchev–Trinajstić information content (AvgIpc) is 2.56. The van der Waals surface area contributed by atoms with Crippen LogP contribution in [0.2, 0.25) is 0 Å². The second-order valence-corrected chi connectivity index (χ2v) is 6.24. The summed E-state index contributed by atoms with van der Waals surface area (Å²) in [5, 5.41) is 14.3. The number of aromatic nitrogens is 2. The Hall–Kier alpha value is -2.77. The molecule has 0 unspecified atom stereocenters. The van der Waals surface area contributed by atoms with Crippen molar-refractivity contribution in [3.05, 3.63) is 51.7 Å². The largest absolute Gasteiger partial charge is 0.377 e. The van der Waals surface area contributed by atoms with Crippen molar-refractivity contribution in [3.8, 4) is 0 Å². The number of aryl methyl sites for hydroxylation is 2. The van der Waals surface area contributed by atoms with Crippen molar-refractivity contribution >= 4 is 17.2 Å². The van der Waals surface area contributed by atoms with Gasteiger partial charge < -0.3 is 10.2 Å². The van der Waals surface area contributed by atoms with Crippen molar-refractivity contribution in [2.75, 3.05) is 23.3 Å². The van der Waals surface area contributed by atoms with Crippen LogP contribution in [0.5, 0.6) is 0 Å². The van der Waals surface area contributed by atoms with Crippen LogP contribution in [0.1, 0.15) is 24.4 Å². The molecule has 3 rings (SSSR count).